The summed E-state index contributed by atoms with van der Waals surface area (Å²) in [6.45, 7) is 8.40. The van der Waals surface area contributed by atoms with E-state index in [9.17, 15) is 9.59 Å². The number of hydrogen-bond donors (Lipinski definition) is 0. The molecule has 1 aromatic carbocycles. The van der Waals surface area contributed by atoms with Crippen molar-refractivity contribution in [2.45, 2.75) is 85.0 Å². The molecule has 35 heavy (non-hydrogen) atoms. The van der Waals surface area contributed by atoms with Crippen molar-refractivity contribution in [2.75, 3.05) is 13.6 Å². The van der Waals surface area contributed by atoms with Crippen molar-refractivity contribution in [1.82, 2.24) is 10.1 Å². The third-order valence-corrected chi connectivity index (χ3v) is 6.21. The van der Waals surface area contributed by atoms with Crippen molar-refractivity contribution in [3.8, 4) is 17.1 Å². The number of carbonyl (C=O) groups excluding carboxylic acids is 2. The highest BCUT2D eigenvalue weighted by molar-refractivity contribution is 5.72. The number of ether oxygens (including phenoxy) is 3. The molecule has 192 valence electrons. The van der Waals surface area contributed by atoms with Gasteiger partial charge in [-0.2, -0.15) is 0 Å². The fraction of sp³-hybridized carbons (Fsp3) is 0.593. The molecule has 0 saturated heterocycles. The molecular weight excluding hydrogens is 448 g/mol. The number of aromatic nitrogens is 1. The fourth-order valence-electron chi connectivity index (χ4n) is 4.19. The minimum Gasteiger partial charge on any atom is -0.490 e. The molecular formula is C27H38N2O6. The van der Waals surface area contributed by atoms with Crippen LogP contribution in [0.1, 0.15) is 70.6 Å². The Bertz CT molecular complexity index is 969. The monoisotopic (exact) mass is 486 g/mol. The van der Waals surface area contributed by atoms with Gasteiger partial charge in [-0.1, -0.05) is 18.5 Å². The molecule has 2 aromatic rings. The van der Waals surface area contributed by atoms with Gasteiger partial charge in [0.25, 0.3) is 0 Å². The first-order chi connectivity index (χ1) is 16.8. The molecule has 0 unspecified atom stereocenters. The lowest BCUT2D eigenvalue weighted by molar-refractivity contribution is -0.154. The zero-order valence-corrected chi connectivity index (χ0v) is 21.5. The van der Waals surface area contributed by atoms with Crippen LogP contribution in [0.5, 0.6) is 5.75 Å². The SMILES string of the molecule is CCCCN(C)C(=O)OCc1c(C)noc1-c1ccc(O[C@H]2CCC[C@H](C(=O)OC(C)C)C2)cc1. The van der Waals surface area contributed by atoms with Crippen molar-refractivity contribution in [2.24, 2.45) is 5.92 Å². The largest absolute Gasteiger partial charge is 0.490 e. The van der Waals surface area contributed by atoms with Crippen molar-refractivity contribution < 1.29 is 28.3 Å². The summed E-state index contributed by atoms with van der Waals surface area (Å²) in [6.07, 6.45) is 4.81. The van der Waals surface area contributed by atoms with Gasteiger partial charge in [-0.05, 0) is 77.1 Å². The van der Waals surface area contributed by atoms with Gasteiger partial charge in [0.2, 0.25) is 0 Å². The molecule has 1 heterocycles. The normalized spacial score (nSPS) is 17.8. The number of nitrogens with zero attached hydrogens (tertiary/aromatic N) is 2. The van der Waals surface area contributed by atoms with E-state index in [2.05, 4.69) is 12.1 Å². The zero-order chi connectivity index (χ0) is 25.4. The summed E-state index contributed by atoms with van der Waals surface area (Å²) in [5.74, 6) is 1.07. The average Bonchev–Trinajstić information content (AvgIpc) is 3.21. The summed E-state index contributed by atoms with van der Waals surface area (Å²) in [4.78, 5) is 26.1. The molecule has 1 amide bonds. The maximum absolute atomic E-state index is 12.3. The summed E-state index contributed by atoms with van der Waals surface area (Å²) >= 11 is 0. The summed E-state index contributed by atoms with van der Waals surface area (Å²) < 4.78 is 22.6. The van der Waals surface area contributed by atoms with E-state index in [0.29, 0.717) is 24.4 Å². The molecule has 1 aliphatic carbocycles. The number of carbonyl (C=O) groups is 2. The van der Waals surface area contributed by atoms with Crippen LogP contribution in [0.15, 0.2) is 28.8 Å². The van der Waals surface area contributed by atoms with Crippen LogP contribution in [0.2, 0.25) is 0 Å². The van der Waals surface area contributed by atoms with Crippen LogP contribution in [-0.4, -0.2) is 47.9 Å². The van der Waals surface area contributed by atoms with Crippen molar-refractivity contribution in [3.63, 3.8) is 0 Å². The Labute approximate surface area is 207 Å². The van der Waals surface area contributed by atoms with E-state index in [1.165, 1.54) is 0 Å². The minimum atomic E-state index is -0.364. The molecule has 0 aliphatic heterocycles. The van der Waals surface area contributed by atoms with Crippen molar-refractivity contribution >= 4 is 12.1 Å². The molecule has 2 atom stereocenters. The van der Waals surface area contributed by atoms with E-state index in [1.807, 2.05) is 45.0 Å². The second-order valence-electron chi connectivity index (χ2n) is 9.52. The predicted octanol–water partition coefficient (Wildman–Crippen LogP) is 5.91. The number of esters is 1. The molecule has 3 rings (SSSR count). The van der Waals surface area contributed by atoms with Crippen molar-refractivity contribution in [3.05, 3.63) is 35.5 Å². The molecule has 0 radical (unpaired) electrons. The third kappa shape index (κ3) is 7.47. The van der Waals surface area contributed by atoms with Gasteiger partial charge in [-0.3, -0.25) is 4.79 Å². The molecule has 1 saturated carbocycles. The van der Waals surface area contributed by atoms with E-state index in [1.54, 1.807) is 11.9 Å². The lowest BCUT2D eigenvalue weighted by Crippen LogP contribution is -2.31. The van der Waals surface area contributed by atoms with Crippen LogP contribution >= 0.6 is 0 Å². The Balaban J connectivity index is 1.60. The maximum Gasteiger partial charge on any atom is 0.409 e. The van der Waals surface area contributed by atoms with Crippen LogP contribution < -0.4 is 4.74 Å². The zero-order valence-electron chi connectivity index (χ0n) is 21.5. The molecule has 0 spiro atoms. The van der Waals surface area contributed by atoms with E-state index in [0.717, 1.165) is 49.0 Å². The van der Waals surface area contributed by atoms with Crippen molar-refractivity contribution in [1.29, 1.82) is 0 Å². The lowest BCUT2D eigenvalue weighted by Gasteiger charge is -2.29. The topological polar surface area (TPSA) is 91.1 Å². The Morgan fingerprint density at radius 1 is 1.20 bits per heavy atom. The van der Waals surface area contributed by atoms with Gasteiger partial charge in [0.15, 0.2) is 5.76 Å². The molecule has 1 fully saturated rings. The second-order valence-corrected chi connectivity index (χ2v) is 9.52. The summed E-state index contributed by atoms with van der Waals surface area (Å²) in [5.41, 5.74) is 2.26. The first-order valence-electron chi connectivity index (χ1n) is 12.6. The van der Waals surface area contributed by atoms with Crippen LogP contribution in [0.3, 0.4) is 0 Å². The Morgan fingerprint density at radius 3 is 2.63 bits per heavy atom. The predicted molar refractivity (Wildman–Crippen MR) is 132 cm³/mol. The molecule has 1 aromatic heterocycles. The van der Waals surface area contributed by atoms with Crippen LogP contribution in [-0.2, 0) is 20.9 Å². The molecule has 0 bridgehead atoms. The molecule has 0 N–H and O–H groups in total. The summed E-state index contributed by atoms with van der Waals surface area (Å²) in [5, 5.41) is 4.07. The molecule has 8 heteroatoms. The highest BCUT2D eigenvalue weighted by Crippen LogP contribution is 2.32. The smallest absolute Gasteiger partial charge is 0.409 e. The van der Waals surface area contributed by atoms with Gasteiger partial charge in [0, 0.05) is 19.2 Å². The van der Waals surface area contributed by atoms with Crippen LogP contribution in [0.25, 0.3) is 11.3 Å². The molecule has 8 nitrogen and oxygen atoms in total. The van der Waals surface area contributed by atoms with E-state index in [-0.39, 0.29) is 36.8 Å². The summed E-state index contributed by atoms with van der Waals surface area (Å²) in [7, 11) is 1.74. The summed E-state index contributed by atoms with van der Waals surface area (Å²) in [6, 6.07) is 7.58. The van der Waals surface area contributed by atoms with Gasteiger partial charge in [-0.25, -0.2) is 4.79 Å². The number of rotatable bonds is 10. The highest BCUT2D eigenvalue weighted by Gasteiger charge is 2.30. The Kier molecular flexibility index (Phi) is 9.57. The number of aryl methyl sites for hydroxylation is 1. The standard InChI is InChI=1S/C27H38N2O6/c1-6-7-15-29(5)27(31)32-17-24-19(4)28-35-25(24)20-11-13-22(14-12-20)34-23-10-8-9-21(16-23)26(30)33-18(2)3/h11-14,18,21,23H,6-10,15-17H2,1-5H3/t21-,23-/m0/s1. The number of amides is 1. The van der Waals surface area contributed by atoms with Gasteiger partial charge < -0.3 is 23.6 Å². The quantitative estimate of drug-likeness (QED) is 0.386. The number of hydrogen-bond acceptors (Lipinski definition) is 7. The first-order valence-corrected chi connectivity index (χ1v) is 12.6. The second kappa shape index (κ2) is 12.6. The number of unbranched alkanes of at least 4 members (excludes halogenated alkanes) is 1. The van der Waals surface area contributed by atoms with Gasteiger partial charge in [0.1, 0.15) is 12.4 Å². The fourth-order valence-corrected chi connectivity index (χ4v) is 4.19. The third-order valence-electron chi connectivity index (χ3n) is 6.21. The van der Waals surface area contributed by atoms with Gasteiger partial charge >= 0.3 is 12.1 Å². The first kappa shape index (κ1) is 26.6. The number of benzene rings is 1. The van der Waals surface area contributed by atoms with Gasteiger partial charge in [-0.15, -0.1) is 0 Å². The molecule has 1 aliphatic rings. The van der Waals surface area contributed by atoms with E-state index < -0.39 is 0 Å². The Morgan fingerprint density at radius 2 is 1.94 bits per heavy atom. The van der Waals surface area contributed by atoms with Crippen LogP contribution in [0.4, 0.5) is 4.79 Å². The lowest BCUT2D eigenvalue weighted by atomic mass is 9.87. The average molecular weight is 487 g/mol. The highest BCUT2D eigenvalue weighted by atomic mass is 16.6. The maximum atomic E-state index is 12.3. The van der Waals surface area contributed by atoms with Crippen LogP contribution in [0, 0.1) is 12.8 Å². The van der Waals surface area contributed by atoms with E-state index in [4.69, 9.17) is 18.7 Å². The Hall–Kier alpha value is -3.03. The van der Waals surface area contributed by atoms with E-state index >= 15 is 0 Å². The minimum absolute atomic E-state index is 0.0218. The van der Waals surface area contributed by atoms with Gasteiger partial charge in [0.05, 0.1) is 29.4 Å².